The van der Waals surface area contributed by atoms with Gasteiger partial charge in [-0.15, -0.1) is 0 Å². The van der Waals surface area contributed by atoms with Crippen molar-refractivity contribution in [3.05, 3.63) is 0 Å². The Morgan fingerprint density at radius 1 is 1.00 bits per heavy atom. The van der Waals surface area contributed by atoms with E-state index in [0.717, 1.165) is 17.8 Å². The van der Waals surface area contributed by atoms with Crippen LogP contribution in [0.25, 0.3) is 0 Å². The molecule has 0 saturated heterocycles. The maximum absolute atomic E-state index is 4.69. The summed E-state index contributed by atoms with van der Waals surface area (Å²) in [4.78, 5) is 0. The minimum Gasteiger partial charge on any atom is -0.176 e. The Bertz CT molecular complexity index is 110. The standard InChI is InChI=1S/C12H26S/c1-6-10(5)11(8-9(3)4)12(13)7-2/h9-13H,6-8H2,1-5H3. The summed E-state index contributed by atoms with van der Waals surface area (Å²) >= 11 is 4.69. The highest BCUT2D eigenvalue weighted by atomic mass is 32.1. The maximum Gasteiger partial charge on any atom is 0.00451 e. The van der Waals surface area contributed by atoms with Crippen LogP contribution >= 0.6 is 12.6 Å². The highest BCUT2D eigenvalue weighted by Gasteiger charge is 2.22. The second-order valence-corrected chi connectivity index (χ2v) is 5.32. The second kappa shape index (κ2) is 6.75. The van der Waals surface area contributed by atoms with Crippen LogP contribution in [0, 0.1) is 17.8 Å². The first-order chi connectivity index (χ1) is 6.02. The van der Waals surface area contributed by atoms with Gasteiger partial charge in [-0.3, -0.25) is 0 Å². The van der Waals surface area contributed by atoms with Gasteiger partial charge in [0.25, 0.3) is 0 Å². The topological polar surface area (TPSA) is 0 Å². The van der Waals surface area contributed by atoms with Gasteiger partial charge in [-0.2, -0.15) is 12.6 Å². The van der Waals surface area contributed by atoms with Crippen LogP contribution in [0.4, 0.5) is 0 Å². The first-order valence-electron chi connectivity index (χ1n) is 5.70. The first-order valence-corrected chi connectivity index (χ1v) is 6.22. The van der Waals surface area contributed by atoms with E-state index in [1.54, 1.807) is 0 Å². The quantitative estimate of drug-likeness (QED) is 0.606. The molecule has 80 valence electrons. The average Bonchev–Trinajstić information content (AvgIpc) is 2.11. The molecule has 0 saturated carbocycles. The van der Waals surface area contributed by atoms with Gasteiger partial charge in [-0.05, 0) is 30.6 Å². The summed E-state index contributed by atoms with van der Waals surface area (Å²) in [5.74, 6) is 2.43. The predicted molar refractivity (Wildman–Crippen MR) is 65.5 cm³/mol. The number of hydrogen-bond acceptors (Lipinski definition) is 1. The molecule has 0 spiro atoms. The number of thiol groups is 1. The van der Waals surface area contributed by atoms with Crippen LogP contribution in [0.3, 0.4) is 0 Å². The van der Waals surface area contributed by atoms with Crippen LogP contribution in [0.15, 0.2) is 0 Å². The summed E-state index contributed by atoms with van der Waals surface area (Å²) < 4.78 is 0. The summed E-state index contributed by atoms with van der Waals surface area (Å²) in [6, 6.07) is 0. The lowest BCUT2D eigenvalue weighted by Crippen LogP contribution is -2.23. The van der Waals surface area contributed by atoms with Gasteiger partial charge in [0, 0.05) is 5.25 Å². The van der Waals surface area contributed by atoms with Gasteiger partial charge in [0.1, 0.15) is 0 Å². The zero-order valence-electron chi connectivity index (χ0n) is 9.88. The molecule has 0 rings (SSSR count). The molecular weight excluding hydrogens is 176 g/mol. The summed E-state index contributed by atoms with van der Waals surface area (Å²) in [7, 11) is 0. The van der Waals surface area contributed by atoms with Crippen LogP contribution in [-0.2, 0) is 0 Å². The molecule has 0 heterocycles. The van der Waals surface area contributed by atoms with Crippen molar-refractivity contribution in [1.29, 1.82) is 0 Å². The summed E-state index contributed by atoms with van der Waals surface area (Å²) in [6.07, 6.45) is 3.82. The Morgan fingerprint density at radius 3 is 1.85 bits per heavy atom. The third-order valence-corrected chi connectivity index (χ3v) is 3.78. The zero-order valence-corrected chi connectivity index (χ0v) is 10.8. The van der Waals surface area contributed by atoms with Gasteiger partial charge in [-0.1, -0.05) is 41.0 Å². The molecule has 3 unspecified atom stereocenters. The molecule has 0 N–H and O–H groups in total. The third-order valence-electron chi connectivity index (χ3n) is 3.03. The normalized spacial score (nSPS) is 18.7. The van der Waals surface area contributed by atoms with E-state index in [2.05, 4.69) is 34.6 Å². The molecule has 0 aromatic carbocycles. The van der Waals surface area contributed by atoms with Gasteiger partial charge < -0.3 is 0 Å². The summed E-state index contributed by atoms with van der Waals surface area (Å²) in [5, 5.41) is 0.595. The molecule has 0 amide bonds. The summed E-state index contributed by atoms with van der Waals surface area (Å²) in [6.45, 7) is 11.5. The number of rotatable bonds is 6. The molecule has 13 heavy (non-hydrogen) atoms. The molecule has 0 aliphatic heterocycles. The van der Waals surface area contributed by atoms with Crippen LogP contribution in [-0.4, -0.2) is 5.25 Å². The molecule has 0 aliphatic carbocycles. The Balaban J connectivity index is 4.17. The monoisotopic (exact) mass is 202 g/mol. The Labute approximate surface area is 89.9 Å². The number of hydrogen-bond donors (Lipinski definition) is 1. The highest BCUT2D eigenvalue weighted by Crippen LogP contribution is 2.30. The smallest absolute Gasteiger partial charge is 0.00451 e. The lowest BCUT2D eigenvalue weighted by molar-refractivity contribution is 0.282. The molecule has 0 fully saturated rings. The van der Waals surface area contributed by atoms with E-state index in [1.165, 1.54) is 19.3 Å². The van der Waals surface area contributed by atoms with Crippen molar-refractivity contribution in [1.82, 2.24) is 0 Å². The molecule has 0 aromatic rings. The van der Waals surface area contributed by atoms with Crippen LogP contribution < -0.4 is 0 Å². The molecular formula is C12H26S. The Hall–Kier alpha value is 0.350. The van der Waals surface area contributed by atoms with E-state index in [9.17, 15) is 0 Å². The van der Waals surface area contributed by atoms with Crippen molar-refractivity contribution in [2.24, 2.45) is 17.8 Å². The Kier molecular flexibility index (Phi) is 6.93. The molecule has 0 bridgehead atoms. The SMILES string of the molecule is CCC(C)C(CC(C)C)C(S)CC. The minimum atomic E-state index is 0.595. The van der Waals surface area contributed by atoms with Crippen LogP contribution in [0.2, 0.25) is 0 Å². The lowest BCUT2D eigenvalue weighted by atomic mass is 9.82. The van der Waals surface area contributed by atoms with E-state index in [1.807, 2.05) is 0 Å². The molecule has 0 aromatic heterocycles. The lowest BCUT2D eigenvalue weighted by Gasteiger charge is -2.29. The van der Waals surface area contributed by atoms with Gasteiger partial charge in [-0.25, -0.2) is 0 Å². The van der Waals surface area contributed by atoms with E-state index in [0.29, 0.717) is 5.25 Å². The third kappa shape index (κ3) is 4.95. The summed E-state index contributed by atoms with van der Waals surface area (Å²) in [5.41, 5.74) is 0. The predicted octanol–water partition coefficient (Wildman–Crippen LogP) is 4.40. The van der Waals surface area contributed by atoms with Gasteiger partial charge in [0.15, 0.2) is 0 Å². The van der Waals surface area contributed by atoms with E-state index in [4.69, 9.17) is 12.6 Å². The molecule has 1 heteroatoms. The fourth-order valence-corrected chi connectivity index (χ4v) is 2.33. The largest absolute Gasteiger partial charge is 0.176 e. The Morgan fingerprint density at radius 2 is 1.54 bits per heavy atom. The first kappa shape index (κ1) is 13.4. The molecule has 0 radical (unpaired) electrons. The fourth-order valence-electron chi connectivity index (χ4n) is 1.92. The van der Waals surface area contributed by atoms with Crippen molar-refractivity contribution in [3.63, 3.8) is 0 Å². The van der Waals surface area contributed by atoms with Crippen LogP contribution in [0.1, 0.15) is 53.9 Å². The maximum atomic E-state index is 4.69. The van der Waals surface area contributed by atoms with Gasteiger partial charge in [0.05, 0.1) is 0 Å². The van der Waals surface area contributed by atoms with Crippen molar-refractivity contribution in [2.75, 3.05) is 0 Å². The van der Waals surface area contributed by atoms with Crippen molar-refractivity contribution in [2.45, 2.75) is 59.1 Å². The van der Waals surface area contributed by atoms with E-state index < -0.39 is 0 Å². The van der Waals surface area contributed by atoms with Crippen molar-refractivity contribution < 1.29 is 0 Å². The van der Waals surface area contributed by atoms with Crippen molar-refractivity contribution >= 4 is 12.6 Å². The van der Waals surface area contributed by atoms with Gasteiger partial charge >= 0.3 is 0 Å². The van der Waals surface area contributed by atoms with Gasteiger partial charge in [0.2, 0.25) is 0 Å². The molecule has 0 aliphatic rings. The molecule has 3 atom stereocenters. The highest BCUT2D eigenvalue weighted by molar-refractivity contribution is 7.81. The molecule has 0 nitrogen and oxygen atoms in total. The average molecular weight is 202 g/mol. The minimum absolute atomic E-state index is 0.595. The zero-order chi connectivity index (χ0) is 10.4. The second-order valence-electron chi connectivity index (χ2n) is 4.65. The fraction of sp³-hybridized carbons (Fsp3) is 1.00. The van der Waals surface area contributed by atoms with Crippen molar-refractivity contribution in [3.8, 4) is 0 Å². The van der Waals surface area contributed by atoms with E-state index >= 15 is 0 Å². The van der Waals surface area contributed by atoms with E-state index in [-0.39, 0.29) is 0 Å². The van der Waals surface area contributed by atoms with Crippen LogP contribution in [0.5, 0.6) is 0 Å².